The Morgan fingerprint density at radius 3 is 2.65 bits per heavy atom. The lowest BCUT2D eigenvalue weighted by Crippen LogP contribution is -2.38. The summed E-state index contributed by atoms with van der Waals surface area (Å²) in [7, 11) is 4.87. The van der Waals surface area contributed by atoms with Crippen molar-refractivity contribution in [1.82, 2.24) is 4.57 Å². The highest BCUT2D eigenvalue weighted by atomic mass is 16.5. The first-order valence-corrected chi connectivity index (χ1v) is 7.53. The SMILES string of the molecule is COc1cc(OC)c(OC)c(N2Cc3cccn3C(CO)C2)c1. The van der Waals surface area contributed by atoms with E-state index in [0.717, 1.165) is 17.9 Å². The van der Waals surface area contributed by atoms with Gasteiger partial charge in [0.2, 0.25) is 0 Å². The van der Waals surface area contributed by atoms with Gasteiger partial charge in [-0.05, 0) is 12.1 Å². The second kappa shape index (κ2) is 6.42. The minimum absolute atomic E-state index is 0.00986. The zero-order valence-corrected chi connectivity index (χ0v) is 13.7. The van der Waals surface area contributed by atoms with Crippen LogP contribution in [-0.4, -0.2) is 44.2 Å². The Morgan fingerprint density at radius 2 is 2.00 bits per heavy atom. The van der Waals surface area contributed by atoms with Crippen LogP contribution in [0.5, 0.6) is 17.2 Å². The predicted molar refractivity (Wildman–Crippen MR) is 87.7 cm³/mol. The van der Waals surface area contributed by atoms with Crippen molar-refractivity contribution in [2.24, 2.45) is 0 Å². The topological polar surface area (TPSA) is 56.1 Å². The van der Waals surface area contributed by atoms with Crippen LogP contribution in [0.25, 0.3) is 0 Å². The van der Waals surface area contributed by atoms with Gasteiger partial charge in [0.15, 0.2) is 11.5 Å². The molecule has 0 amide bonds. The van der Waals surface area contributed by atoms with Gasteiger partial charge in [0.05, 0.1) is 46.2 Å². The lowest BCUT2D eigenvalue weighted by Gasteiger charge is -2.36. The number of rotatable bonds is 5. The lowest BCUT2D eigenvalue weighted by atomic mass is 10.1. The summed E-state index contributed by atoms with van der Waals surface area (Å²) in [5.41, 5.74) is 2.05. The first kappa shape index (κ1) is 15.6. The molecule has 1 atom stereocenters. The molecule has 1 aromatic heterocycles. The number of ether oxygens (including phenoxy) is 3. The van der Waals surface area contributed by atoms with Gasteiger partial charge in [-0.15, -0.1) is 0 Å². The molecule has 6 nitrogen and oxygen atoms in total. The summed E-state index contributed by atoms with van der Waals surface area (Å²) in [4.78, 5) is 2.18. The molecule has 6 heteroatoms. The smallest absolute Gasteiger partial charge is 0.184 e. The molecule has 3 rings (SSSR count). The Bertz CT molecular complexity index is 683. The molecule has 1 unspecified atom stereocenters. The predicted octanol–water partition coefficient (Wildman–Crippen LogP) is 2.07. The number of fused-ring (bicyclic) bond motifs is 1. The first-order valence-electron chi connectivity index (χ1n) is 7.53. The van der Waals surface area contributed by atoms with Crippen molar-refractivity contribution >= 4 is 5.69 Å². The van der Waals surface area contributed by atoms with E-state index >= 15 is 0 Å². The maximum absolute atomic E-state index is 9.72. The fraction of sp³-hybridized carbons (Fsp3) is 0.412. The molecular formula is C17H22N2O4. The van der Waals surface area contributed by atoms with Gasteiger partial charge in [-0.25, -0.2) is 0 Å². The molecule has 0 saturated carbocycles. The maximum atomic E-state index is 9.72. The van der Waals surface area contributed by atoms with Crippen molar-refractivity contribution in [3.05, 3.63) is 36.2 Å². The number of nitrogens with zero attached hydrogens (tertiary/aromatic N) is 2. The molecule has 0 radical (unpaired) electrons. The largest absolute Gasteiger partial charge is 0.497 e. The molecule has 0 bridgehead atoms. The van der Waals surface area contributed by atoms with Crippen LogP contribution in [0.1, 0.15) is 11.7 Å². The van der Waals surface area contributed by atoms with Gasteiger partial charge in [0, 0.05) is 30.6 Å². The zero-order valence-electron chi connectivity index (χ0n) is 13.7. The fourth-order valence-corrected chi connectivity index (χ4v) is 3.12. The number of aliphatic hydroxyl groups excluding tert-OH is 1. The normalized spacial score (nSPS) is 16.9. The van der Waals surface area contributed by atoms with E-state index < -0.39 is 0 Å². The Kier molecular flexibility index (Phi) is 4.34. The highest BCUT2D eigenvalue weighted by molar-refractivity contribution is 5.68. The van der Waals surface area contributed by atoms with Gasteiger partial charge in [-0.3, -0.25) is 0 Å². The van der Waals surface area contributed by atoms with Crippen LogP contribution in [0.2, 0.25) is 0 Å². The van der Waals surface area contributed by atoms with Gasteiger partial charge in [0.25, 0.3) is 0 Å². The minimum atomic E-state index is 0.00986. The number of aromatic nitrogens is 1. The number of anilines is 1. The molecule has 1 aliphatic heterocycles. The van der Waals surface area contributed by atoms with Gasteiger partial charge in [-0.2, -0.15) is 0 Å². The second-order valence-corrected chi connectivity index (χ2v) is 5.51. The zero-order chi connectivity index (χ0) is 16.4. The van der Waals surface area contributed by atoms with Gasteiger partial charge in [-0.1, -0.05) is 0 Å². The van der Waals surface area contributed by atoms with Crippen LogP contribution in [-0.2, 0) is 6.54 Å². The summed E-state index contributed by atoms with van der Waals surface area (Å²) in [6.07, 6.45) is 2.01. The number of benzene rings is 1. The van der Waals surface area contributed by atoms with Crippen molar-refractivity contribution in [3.63, 3.8) is 0 Å². The molecule has 0 aliphatic carbocycles. The second-order valence-electron chi connectivity index (χ2n) is 5.51. The van der Waals surface area contributed by atoms with Crippen LogP contribution in [0.15, 0.2) is 30.5 Å². The molecule has 23 heavy (non-hydrogen) atoms. The van der Waals surface area contributed by atoms with E-state index in [1.807, 2.05) is 18.3 Å². The molecule has 0 saturated heterocycles. The monoisotopic (exact) mass is 318 g/mol. The summed E-state index contributed by atoms with van der Waals surface area (Å²) >= 11 is 0. The van der Waals surface area contributed by atoms with E-state index in [2.05, 4.69) is 15.5 Å². The van der Waals surface area contributed by atoms with Crippen LogP contribution < -0.4 is 19.1 Å². The van der Waals surface area contributed by atoms with Gasteiger partial charge < -0.3 is 28.8 Å². The summed E-state index contributed by atoms with van der Waals surface area (Å²) < 4.78 is 18.5. The van der Waals surface area contributed by atoms with Gasteiger partial charge >= 0.3 is 0 Å². The summed E-state index contributed by atoms with van der Waals surface area (Å²) in [5.74, 6) is 2.01. The highest BCUT2D eigenvalue weighted by Crippen LogP contribution is 2.43. The standard InChI is InChI=1S/C17H22N2O4/c1-21-14-7-15(17(23-3)16(8-14)22-2)18-9-12-5-4-6-19(12)13(10-18)11-20/h4-8,13,20H,9-11H2,1-3H3. The Morgan fingerprint density at radius 1 is 1.17 bits per heavy atom. The third kappa shape index (κ3) is 2.70. The number of aliphatic hydroxyl groups is 1. The van der Waals surface area contributed by atoms with Crippen molar-refractivity contribution in [3.8, 4) is 17.2 Å². The average Bonchev–Trinajstić information content (AvgIpc) is 3.07. The molecule has 2 heterocycles. The Hall–Kier alpha value is -2.34. The lowest BCUT2D eigenvalue weighted by molar-refractivity contribution is 0.219. The van der Waals surface area contributed by atoms with E-state index in [1.54, 1.807) is 27.4 Å². The number of hydrogen-bond donors (Lipinski definition) is 1. The molecule has 1 aromatic carbocycles. The molecule has 2 aromatic rings. The Balaban J connectivity index is 2.04. The van der Waals surface area contributed by atoms with Crippen molar-refractivity contribution < 1.29 is 19.3 Å². The van der Waals surface area contributed by atoms with Gasteiger partial charge in [0.1, 0.15) is 5.75 Å². The summed E-state index contributed by atoms with van der Waals surface area (Å²) in [6, 6.07) is 7.83. The minimum Gasteiger partial charge on any atom is -0.497 e. The molecule has 1 N–H and O–H groups in total. The molecule has 0 fully saturated rings. The fourth-order valence-electron chi connectivity index (χ4n) is 3.12. The van der Waals surface area contributed by atoms with E-state index in [4.69, 9.17) is 14.2 Å². The first-order chi connectivity index (χ1) is 11.2. The Labute approximate surface area is 135 Å². The van der Waals surface area contributed by atoms with Crippen LogP contribution in [0, 0.1) is 0 Å². The van der Waals surface area contributed by atoms with Crippen LogP contribution >= 0.6 is 0 Å². The van der Waals surface area contributed by atoms with Crippen LogP contribution in [0.3, 0.4) is 0 Å². The molecule has 124 valence electrons. The van der Waals surface area contributed by atoms with E-state index in [9.17, 15) is 5.11 Å². The molecular weight excluding hydrogens is 296 g/mol. The van der Waals surface area contributed by atoms with E-state index in [1.165, 1.54) is 0 Å². The van der Waals surface area contributed by atoms with Crippen LogP contribution in [0.4, 0.5) is 5.69 Å². The van der Waals surface area contributed by atoms with Crippen molar-refractivity contribution in [2.45, 2.75) is 12.6 Å². The summed E-state index contributed by atoms with van der Waals surface area (Å²) in [5, 5.41) is 9.72. The number of methoxy groups -OCH3 is 3. The molecule has 0 spiro atoms. The van der Waals surface area contributed by atoms with Crippen molar-refractivity contribution in [1.29, 1.82) is 0 Å². The quantitative estimate of drug-likeness (QED) is 0.914. The maximum Gasteiger partial charge on any atom is 0.184 e. The number of hydrogen-bond acceptors (Lipinski definition) is 5. The third-order valence-corrected chi connectivity index (χ3v) is 4.26. The average molecular weight is 318 g/mol. The summed E-state index contributed by atoms with van der Waals surface area (Å²) in [6.45, 7) is 1.50. The highest BCUT2D eigenvalue weighted by Gasteiger charge is 2.27. The van der Waals surface area contributed by atoms with E-state index in [0.29, 0.717) is 23.8 Å². The molecule has 1 aliphatic rings. The third-order valence-electron chi connectivity index (χ3n) is 4.26. The van der Waals surface area contributed by atoms with E-state index in [-0.39, 0.29) is 12.6 Å². The van der Waals surface area contributed by atoms with Crippen molar-refractivity contribution in [2.75, 3.05) is 39.4 Å².